The van der Waals surface area contributed by atoms with E-state index in [2.05, 4.69) is 30.7 Å². The van der Waals surface area contributed by atoms with E-state index in [1.807, 2.05) is 0 Å². The van der Waals surface area contributed by atoms with E-state index < -0.39 is 71.4 Å². The fourth-order valence-corrected chi connectivity index (χ4v) is 7.58. The van der Waals surface area contributed by atoms with Crippen LogP contribution in [0.1, 0.15) is 11.1 Å². The zero-order chi connectivity index (χ0) is 46.5. The average Bonchev–Trinajstić information content (AvgIpc) is 3.24. The first-order valence-corrected chi connectivity index (χ1v) is 23.1. The molecule has 30 heteroatoms. The van der Waals surface area contributed by atoms with Gasteiger partial charge in [0.15, 0.2) is 0 Å². The molecule has 0 spiro atoms. The fraction of sp³-hybridized carbons (Fsp3) is 0. The molecule has 0 heterocycles. The molecule has 0 amide bonds. The molecule has 0 aliphatic rings. The first-order valence-electron chi connectivity index (χ1n) is 17.4. The molecule has 0 aliphatic carbocycles. The maximum Gasteiger partial charge on any atom is 1.00 e. The van der Waals surface area contributed by atoms with Crippen LogP contribution in [-0.4, -0.2) is 61.6 Å². The molecule has 6 rings (SSSR count). The molecule has 68 heavy (non-hydrogen) atoms. The minimum Gasteiger partial charge on any atom is -0.744 e. The number of hydrogen-bond acceptors (Lipinski definition) is 20. The second-order valence-corrected chi connectivity index (χ2v) is 18.2. The summed E-state index contributed by atoms with van der Waals surface area (Å²) in [6, 6.07) is 26.3. The van der Waals surface area contributed by atoms with Gasteiger partial charge in [0.2, 0.25) is 11.4 Å². The molecule has 22 nitrogen and oxygen atoms in total. The van der Waals surface area contributed by atoms with Crippen molar-refractivity contribution in [3.05, 3.63) is 155 Å². The molecule has 0 unspecified atom stereocenters. The van der Waals surface area contributed by atoms with Gasteiger partial charge in [-0.3, -0.25) is 0 Å². The van der Waals surface area contributed by atoms with Gasteiger partial charge in [-0.05, 0) is 120 Å². The van der Waals surface area contributed by atoms with Crippen LogP contribution in [0.15, 0.2) is 184 Å². The van der Waals surface area contributed by atoms with Crippen molar-refractivity contribution in [2.45, 2.75) is 19.6 Å². The van der Waals surface area contributed by atoms with Crippen molar-refractivity contribution in [3.8, 4) is 0 Å². The van der Waals surface area contributed by atoms with E-state index in [0.717, 1.165) is 72.8 Å². The summed E-state index contributed by atoms with van der Waals surface area (Å²) < 4.78 is 140. The van der Waals surface area contributed by atoms with Crippen LogP contribution in [0.5, 0.6) is 0 Å². The van der Waals surface area contributed by atoms with Gasteiger partial charge < -0.3 is 28.6 Å². The predicted octanol–water partition coefficient (Wildman–Crippen LogP) is -3.83. The monoisotopic (exact) mass is 1040 g/mol. The van der Waals surface area contributed by atoms with Gasteiger partial charge in [-0.15, -0.1) is 0 Å². The summed E-state index contributed by atoms with van der Waals surface area (Å²) in [7, 11) is -19.8. The summed E-state index contributed by atoms with van der Waals surface area (Å²) in [6.45, 7) is 0. The third-order valence-electron chi connectivity index (χ3n) is 8.34. The van der Waals surface area contributed by atoms with Crippen LogP contribution in [0.2, 0.25) is 0 Å². The fourth-order valence-electron chi connectivity index (χ4n) is 5.26. The topological polar surface area (TPSA) is 355 Å². The Morgan fingerprint density at radius 3 is 0.853 bits per heavy atom. The van der Waals surface area contributed by atoms with Gasteiger partial charge in [-0.2, -0.15) is 20.5 Å². The molecule has 0 radical (unpaired) electrons. The van der Waals surface area contributed by atoms with E-state index in [9.17, 15) is 62.3 Å². The predicted molar refractivity (Wildman–Crippen MR) is 219 cm³/mol. The van der Waals surface area contributed by atoms with Crippen LogP contribution in [0.4, 0.5) is 45.5 Å². The van der Waals surface area contributed by atoms with Crippen LogP contribution in [0, 0.1) is 10.4 Å². The Morgan fingerprint density at radius 1 is 0.353 bits per heavy atom. The minimum atomic E-state index is -5.28. The summed E-state index contributed by atoms with van der Waals surface area (Å²) >= 11 is 0. The van der Waals surface area contributed by atoms with E-state index >= 15 is 0 Å². The van der Waals surface area contributed by atoms with E-state index in [1.54, 1.807) is 0 Å². The van der Waals surface area contributed by atoms with Crippen molar-refractivity contribution >= 4 is 98.1 Å². The summed E-state index contributed by atoms with van der Waals surface area (Å²) in [6.07, 6.45) is 2.00. The van der Waals surface area contributed by atoms with Crippen molar-refractivity contribution in [1.29, 1.82) is 0 Å². The van der Waals surface area contributed by atoms with Crippen molar-refractivity contribution in [2.75, 3.05) is 0 Å². The second-order valence-electron chi connectivity index (χ2n) is 12.8. The number of benzene rings is 6. The summed E-state index contributed by atoms with van der Waals surface area (Å²) in [5.74, 6) is 0. The van der Waals surface area contributed by atoms with Gasteiger partial charge >= 0.3 is 118 Å². The SMILES string of the molecule is O=S(=O)([O-])c1ccc(N=Nc2ccc(N=[N+]([O-])c3ccc(/C=C/c4ccc([N+]([O-])=Nc5ccc(N=Nc6ccc(S(=O)(=O)[O-])cc6)cc5)cc4S(=O)(=O)[O-])c(S(=O)(=O)[O-])c3)cc2)cc1.[Na+].[Na+].[Na+].[Na+]. The average molecular weight is 1040 g/mol. The molecule has 328 valence electrons. The maximum absolute atomic E-state index is 12.9. The van der Waals surface area contributed by atoms with E-state index in [0.29, 0.717) is 0 Å². The molecule has 0 aromatic heterocycles. The summed E-state index contributed by atoms with van der Waals surface area (Å²) in [4.78, 5) is -2.63. The molecular formula is C38H24N8Na4O14S4. The maximum atomic E-state index is 12.9. The molecule has 0 aliphatic heterocycles. The largest absolute Gasteiger partial charge is 1.00 e. The Hall–Kier alpha value is -3.30. The molecule has 0 atom stereocenters. The molecule has 6 aromatic rings. The van der Waals surface area contributed by atoms with Gasteiger partial charge in [-0.1, -0.05) is 21.9 Å². The van der Waals surface area contributed by atoms with Crippen LogP contribution in [-0.2, 0) is 40.5 Å². The Bertz CT molecular complexity index is 3160. The van der Waals surface area contributed by atoms with Gasteiger partial charge in [0.05, 0.1) is 42.3 Å². The Morgan fingerprint density at radius 2 is 0.603 bits per heavy atom. The Kier molecular flexibility index (Phi) is 23.0. The molecule has 0 saturated heterocycles. The quantitative estimate of drug-likeness (QED) is 0.0252. The minimum absolute atomic E-state index is 0. The number of nitrogens with zero attached hydrogens (tertiary/aromatic N) is 8. The van der Waals surface area contributed by atoms with Gasteiger partial charge in [-0.25, -0.2) is 33.7 Å². The van der Waals surface area contributed by atoms with E-state index in [1.165, 1.54) is 72.8 Å². The van der Waals surface area contributed by atoms with Crippen molar-refractivity contribution in [2.24, 2.45) is 30.7 Å². The van der Waals surface area contributed by atoms with Gasteiger partial charge in [0, 0.05) is 34.5 Å². The Balaban J connectivity index is 0.00000397. The molecular weight excluding hydrogens is 1010 g/mol. The van der Waals surface area contributed by atoms with Crippen molar-refractivity contribution in [1.82, 2.24) is 0 Å². The molecule has 0 N–H and O–H groups in total. The first kappa shape index (κ1) is 60.8. The third-order valence-corrected chi connectivity index (χ3v) is 11.8. The zero-order valence-corrected chi connectivity index (χ0v) is 47.0. The van der Waals surface area contributed by atoms with Crippen molar-refractivity contribution < 1.29 is 180 Å². The van der Waals surface area contributed by atoms with E-state index in [-0.39, 0.29) is 173 Å². The normalized spacial score (nSPS) is 12.5. The number of rotatable bonds is 14. The van der Waals surface area contributed by atoms with Crippen LogP contribution in [0.25, 0.3) is 12.2 Å². The smallest absolute Gasteiger partial charge is 0.744 e. The molecule has 0 fully saturated rings. The molecule has 0 saturated carbocycles. The van der Waals surface area contributed by atoms with Gasteiger partial charge in [0.1, 0.15) is 51.8 Å². The van der Waals surface area contributed by atoms with Crippen molar-refractivity contribution in [3.63, 3.8) is 0 Å². The molecule has 6 aromatic carbocycles. The van der Waals surface area contributed by atoms with E-state index in [4.69, 9.17) is 0 Å². The van der Waals surface area contributed by atoms with Crippen LogP contribution >= 0.6 is 0 Å². The van der Waals surface area contributed by atoms with Crippen LogP contribution in [0.3, 0.4) is 0 Å². The summed E-state index contributed by atoms with van der Waals surface area (Å²) in [5.41, 5.74) is -0.225. The Labute approximate surface area is 477 Å². The standard InChI is InChI=1S/C38H28N8O14S4.4Na/c47-45(43-31-9-5-27(6-10-31)39-41-29-13-19-35(20-14-29)61(49,50)51)33-17-3-25(37(23-33)63(55,56)57)1-2-26-4-18-34(24-38(26)64(58,59)60)46(48)44-32-11-7-28(8-12-32)40-42-30-15-21-36(22-16-30)62(52,53)54;;;;/h1-24H,(H,49,50,51)(H,52,53,54)(H,55,56,57)(H,58,59,60);;;;/q;4*+1/p-4/b2-1+,41-39?,42-40?,45-43?,46-44?;;;;. The van der Waals surface area contributed by atoms with Gasteiger partial charge in [0.25, 0.3) is 0 Å². The first-order chi connectivity index (χ1) is 30.0. The zero-order valence-electron chi connectivity index (χ0n) is 35.8. The number of hydrogen-bond donors (Lipinski definition) is 0. The van der Waals surface area contributed by atoms with Crippen LogP contribution < -0.4 is 118 Å². The summed E-state index contributed by atoms with van der Waals surface area (Å²) in [5, 5.41) is 49.3. The number of azo groups is 4. The third kappa shape index (κ3) is 17.2. The molecule has 0 bridgehead atoms. The second kappa shape index (κ2) is 25.7.